The maximum absolute atomic E-state index is 3.67. The zero-order valence-corrected chi connectivity index (χ0v) is 28.4. The first-order chi connectivity index (χ1) is 17.0. The van der Waals surface area contributed by atoms with Gasteiger partial charge in [0, 0.05) is 0 Å². The number of hydrogen-bond donors (Lipinski definition) is 0. The fourth-order valence-corrected chi connectivity index (χ4v) is 3.37. The van der Waals surface area contributed by atoms with Gasteiger partial charge in [-0.05, 0) is 28.4 Å². The van der Waals surface area contributed by atoms with Gasteiger partial charge in [-0.15, -0.1) is 17.5 Å². The summed E-state index contributed by atoms with van der Waals surface area (Å²) < 4.78 is 0. The average molecular weight is 578 g/mol. The van der Waals surface area contributed by atoms with Crippen molar-refractivity contribution in [2.24, 2.45) is 0 Å². The fourth-order valence-electron chi connectivity index (χ4n) is 3.37. The summed E-state index contributed by atoms with van der Waals surface area (Å²) in [6, 6.07) is 15.2. The molecule has 2 heteroatoms. The van der Waals surface area contributed by atoms with Crippen LogP contribution in [-0.2, 0) is 40.6 Å². The summed E-state index contributed by atoms with van der Waals surface area (Å²) >= 11 is 1.58. The Morgan fingerprint density at radius 1 is 0.861 bits per heavy atom. The van der Waals surface area contributed by atoms with Gasteiger partial charge in [-0.25, -0.2) is 12.2 Å². The van der Waals surface area contributed by atoms with E-state index in [0.29, 0.717) is 0 Å². The molecule has 2 aromatic rings. The van der Waals surface area contributed by atoms with Gasteiger partial charge in [0.25, 0.3) is 0 Å². The molecule has 0 fully saturated rings. The Morgan fingerprint density at radius 3 is 1.81 bits per heavy atom. The van der Waals surface area contributed by atoms with Gasteiger partial charge in [-0.1, -0.05) is 92.0 Å². The van der Waals surface area contributed by atoms with Gasteiger partial charge >= 0.3 is 30.2 Å². The van der Waals surface area contributed by atoms with Crippen molar-refractivity contribution in [3.8, 4) is 11.1 Å². The Kier molecular flexibility index (Phi) is 17.8. The zero-order valence-electron chi connectivity index (χ0n) is 24.5. The van der Waals surface area contributed by atoms with Crippen LogP contribution in [0.25, 0.3) is 11.1 Å². The van der Waals surface area contributed by atoms with E-state index in [4.69, 9.17) is 0 Å². The number of fused-ring (bicyclic) bond motifs is 3. The minimum absolute atomic E-state index is 0.167. The molecule has 0 unspecified atom stereocenters. The summed E-state index contributed by atoms with van der Waals surface area (Å²) in [6.45, 7) is 27.0. The van der Waals surface area contributed by atoms with E-state index in [1.54, 1.807) is 23.3 Å². The van der Waals surface area contributed by atoms with Crippen molar-refractivity contribution >= 4 is 6.88 Å². The molecular weight excluding hydrogens is 528 g/mol. The molecule has 4 rings (SSSR count). The standard InChI is InChI=1S/C21H25.C5H5.2C4H9.H2Si.Zr/c1-20(2,3)16-7-9-18-14(12-16)11-15-13-17(21(4,5)6)8-10-19(15)18;1-2-4-5-3-1;2*1-3-4-2;;/h7-10,12H,11H2,1-6H3;1-3H,4H2;2*1,3-4H2,2H3;1H2;/q4*-1;;. The van der Waals surface area contributed by atoms with Crippen molar-refractivity contribution in [1.82, 2.24) is 0 Å². The third-order valence-corrected chi connectivity index (χ3v) is 5.76. The zero-order chi connectivity index (χ0) is 27.8. The van der Waals surface area contributed by atoms with E-state index in [1.807, 2.05) is 19.0 Å². The van der Waals surface area contributed by atoms with Crippen molar-refractivity contribution in [1.29, 1.82) is 0 Å². The Balaban J connectivity index is 0.000000669. The molecule has 0 amide bonds. The van der Waals surface area contributed by atoms with Gasteiger partial charge < -0.3 is 13.8 Å². The van der Waals surface area contributed by atoms with Gasteiger partial charge in [0.05, 0.1) is 0 Å². The SMILES string of the molecule is CC(C)(C)c1[c-]c2c(cc1)-c1ccc(C(C)(C)C)cc1C2.[C-]1=CC=CC1.[CH2-]CCC.[CH2-]CCC.[SiH2]=[Zr]. The van der Waals surface area contributed by atoms with Crippen LogP contribution in [0.3, 0.4) is 0 Å². The van der Waals surface area contributed by atoms with Crippen molar-refractivity contribution < 1.29 is 23.3 Å². The van der Waals surface area contributed by atoms with Crippen LogP contribution in [0.4, 0.5) is 0 Å². The molecular formula is C34H50SiZr-4. The first kappa shape index (κ1) is 35.0. The van der Waals surface area contributed by atoms with Gasteiger partial charge in [0.1, 0.15) is 0 Å². The summed E-state index contributed by atoms with van der Waals surface area (Å²) in [5.74, 6) is 0. The molecule has 0 aliphatic heterocycles. The van der Waals surface area contributed by atoms with E-state index >= 15 is 0 Å². The van der Waals surface area contributed by atoms with Crippen molar-refractivity contribution in [2.75, 3.05) is 0 Å². The summed E-state index contributed by atoms with van der Waals surface area (Å²) in [5.41, 5.74) is 8.70. The van der Waals surface area contributed by atoms with Gasteiger partial charge in [-0.3, -0.25) is 6.08 Å². The Bertz CT molecular complexity index is 859. The Morgan fingerprint density at radius 2 is 1.42 bits per heavy atom. The topological polar surface area (TPSA) is 0 Å². The maximum atomic E-state index is 3.67. The molecule has 0 spiro atoms. The second-order valence-electron chi connectivity index (χ2n) is 11.0. The molecule has 0 N–H and O–H groups in total. The van der Waals surface area contributed by atoms with Crippen LogP contribution in [-0.4, -0.2) is 6.88 Å². The molecule has 2 aromatic carbocycles. The monoisotopic (exact) mass is 576 g/mol. The molecule has 0 saturated heterocycles. The quantitative estimate of drug-likeness (QED) is 0.210. The summed E-state index contributed by atoms with van der Waals surface area (Å²) in [6.07, 6.45) is 15.6. The second kappa shape index (κ2) is 18.3. The average Bonchev–Trinajstić information content (AvgIpc) is 3.55. The molecule has 198 valence electrons. The Labute approximate surface area is 241 Å². The summed E-state index contributed by atoms with van der Waals surface area (Å²) in [5, 5.41) is 0. The number of rotatable bonds is 2. The molecule has 2 aliphatic rings. The molecule has 0 radical (unpaired) electrons. The number of unbranched alkanes of at least 4 members (excludes halogenated alkanes) is 2. The third-order valence-electron chi connectivity index (χ3n) is 5.76. The van der Waals surface area contributed by atoms with Crippen LogP contribution < -0.4 is 0 Å². The second-order valence-corrected chi connectivity index (χ2v) is 11.0. The summed E-state index contributed by atoms with van der Waals surface area (Å²) in [4.78, 5) is 0. The molecule has 0 heterocycles. The number of hydrogen-bond acceptors (Lipinski definition) is 0. The molecule has 36 heavy (non-hydrogen) atoms. The van der Waals surface area contributed by atoms with Gasteiger partial charge in [0.2, 0.25) is 0 Å². The van der Waals surface area contributed by atoms with E-state index < -0.39 is 0 Å². The van der Waals surface area contributed by atoms with Gasteiger partial charge in [-0.2, -0.15) is 42.7 Å². The minimum atomic E-state index is 0.167. The van der Waals surface area contributed by atoms with Crippen LogP contribution in [0.1, 0.15) is 110 Å². The molecule has 0 aromatic heterocycles. The third kappa shape index (κ3) is 12.5. The van der Waals surface area contributed by atoms with E-state index in [9.17, 15) is 0 Å². The number of benzene rings is 2. The van der Waals surface area contributed by atoms with Crippen LogP contribution in [0.2, 0.25) is 0 Å². The molecule has 0 saturated carbocycles. The normalized spacial score (nSPS) is 12.4. The summed E-state index contributed by atoms with van der Waals surface area (Å²) in [7, 11) is 0. The molecule has 0 bridgehead atoms. The first-order valence-electron chi connectivity index (χ1n) is 13.3. The van der Waals surface area contributed by atoms with Gasteiger partial charge in [0.15, 0.2) is 0 Å². The van der Waals surface area contributed by atoms with Crippen LogP contribution in [0.5, 0.6) is 0 Å². The Hall–Kier alpha value is -0.980. The molecule has 0 atom stereocenters. The van der Waals surface area contributed by atoms with Crippen LogP contribution in [0.15, 0.2) is 48.6 Å². The number of allylic oxidation sites excluding steroid dienone is 4. The molecule has 2 aliphatic carbocycles. The predicted octanol–water partition coefficient (Wildman–Crippen LogP) is 9.28. The van der Waals surface area contributed by atoms with Crippen molar-refractivity contribution in [3.05, 3.63) is 96.8 Å². The van der Waals surface area contributed by atoms with E-state index in [2.05, 4.69) is 118 Å². The van der Waals surface area contributed by atoms with Crippen LogP contribution in [0, 0.1) is 26.0 Å². The fraction of sp³-hybridized carbons (Fsp3) is 0.471. The van der Waals surface area contributed by atoms with E-state index in [-0.39, 0.29) is 10.8 Å². The van der Waals surface area contributed by atoms with E-state index in [1.165, 1.54) is 46.2 Å². The van der Waals surface area contributed by atoms with E-state index in [0.717, 1.165) is 25.7 Å². The predicted molar refractivity (Wildman–Crippen MR) is 162 cm³/mol. The molecule has 0 nitrogen and oxygen atoms in total. The first-order valence-corrected chi connectivity index (χ1v) is 19.3. The van der Waals surface area contributed by atoms with Crippen LogP contribution >= 0.6 is 0 Å². The van der Waals surface area contributed by atoms with Crippen molar-refractivity contribution in [2.45, 2.75) is 105 Å². The van der Waals surface area contributed by atoms with Crippen molar-refractivity contribution in [3.63, 3.8) is 0 Å².